The highest BCUT2D eigenvalue weighted by atomic mass is 16.5. The normalized spacial score (nSPS) is 14.8. The second-order valence-electron chi connectivity index (χ2n) is 4.82. The van der Waals surface area contributed by atoms with Crippen LogP contribution >= 0.6 is 0 Å². The van der Waals surface area contributed by atoms with E-state index in [4.69, 9.17) is 4.74 Å². The van der Waals surface area contributed by atoms with Gasteiger partial charge in [-0.15, -0.1) is 0 Å². The SMILES string of the molecule is CCOC(=O)C=Cc1ccc(NC(=O)C2CCC2)cc1. The molecule has 1 aliphatic carbocycles. The Morgan fingerprint density at radius 3 is 2.55 bits per heavy atom. The van der Waals surface area contributed by atoms with Gasteiger partial charge < -0.3 is 10.1 Å². The Morgan fingerprint density at radius 2 is 2.00 bits per heavy atom. The molecule has 1 fully saturated rings. The monoisotopic (exact) mass is 273 g/mol. The summed E-state index contributed by atoms with van der Waals surface area (Å²) in [5.41, 5.74) is 1.68. The number of hydrogen-bond donors (Lipinski definition) is 1. The van der Waals surface area contributed by atoms with E-state index < -0.39 is 0 Å². The summed E-state index contributed by atoms with van der Waals surface area (Å²) in [5.74, 6) is -0.0701. The van der Waals surface area contributed by atoms with Crippen molar-refractivity contribution in [1.29, 1.82) is 0 Å². The number of carbonyl (C=O) groups is 2. The summed E-state index contributed by atoms with van der Waals surface area (Å²) < 4.78 is 4.80. The van der Waals surface area contributed by atoms with Gasteiger partial charge in [-0.05, 0) is 43.5 Å². The molecule has 0 radical (unpaired) electrons. The Labute approximate surface area is 118 Å². The van der Waals surface area contributed by atoms with Crippen LogP contribution in [0.3, 0.4) is 0 Å². The Kier molecular flexibility index (Phi) is 4.93. The van der Waals surface area contributed by atoms with E-state index in [1.54, 1.807) is 13.0 Å². The summed E-state index contributed by atoms with van der Waals surface area (Å²) in [6.07, 6.45) is 6.22. The van der Waals surface area contributed by atoms with Gasteiger partial charge in [-0.25, -0.2) is 4.79 Å². The standard InChI is InChI=1S/C16H19NO3/c1-2-20-15(18)11-8-12-6-9-14(10-7-12)17-16(19)13-4-3-5-13/h6-11,13H,2-5H2,1H3,(H,17,19). The van der Waals surface area contributed by atoms with Gasteiger partial charge in [0.05, 0.1) is 6.61 Å². The lowest BCUT2D eigenvalue weighted by atomic mass is 9.85. The van der Waals surface area contributed by atoms with Crippen molar-refractivity contribution in [3.8, 4) is 0 Å². The van der Waals surface area contributed by atoms with Crippen molar-refractivity contribution in [2.45, 2.75) is 26.2 Å². The van der Waals surface area contributed by atoms with Gasteiger partial charge in [-0.2, -0.15) is 0 Å². The molecule has 0 spiro atoms. The molecule has 1 aromatic carbocycles. The second-order valence-corrected chi connectivity index (χ2v) is 4.82. The van der Waals surface area contributed by atoms with Crippen LogP contribution in [0.4, 0.5) is 5.69 Å². The predicted molar refractivity (Wildman–Crippen MR) is 78.1 cm³/mol. The summed E-state index contributed by atoms with van der Waals surface area (Å²) in [6.45, 7) is 2.14. The van der Waals surface area contributed by atoms with Gasteiger partial charge in [0.15, 0.2) is 0 Å². The second kappa shape index (κ2) is 6.89. The van der Waals surface area contributed by atoms with Gasteiger partial charge in [0, 0.05) is 17.7 Å². The molecule has 0 aromatic heterocycles. The minimum atomic E-state index is -0.352. The fraction of sp³-hybridized carbons (Fsp3) is 0.375. The van der Waals surface area contributed by atoms with Crippen LogP contribution in [0.5, 0.6) is 0 Å². The van der Waals surface area contributed by atoms with Crippen molar-refractivity contribution in [2.24, 2.45) is 5.92 Å². The molecule has 106 valence electrons. The van der Waals surface area contributed by atoms with E-state index in [2.05, 4.69) is 5.32 Å². The first kappa shape index (κ1) is 14.3. The number of ether oxygens (including phenoxy) is 1. The molecular formula is C16H19NO3. The highest BCUT2D eigenvalue weighted by Crippen LogP contribution is 2.27. The number of amides is 1. The summed E-state index contributed by atoms with van der Waals surface area (Å²) in [4.78, 5) is 23.0. The van der Waals surface area contributed by atoms with Crippen molar-refractivity contribution in [3.63, 3.8) is 0 Å². The first-order valence-corrected chi connectivity index (χ1v) is 6.95. The molecule has 0 bridgehead atoms. The summed E-state index contributed by atoms with van der Waals surface area (Å²) in [7, 11) is 0. The van der Waals surface area contributed by atoms with E-state index >= 15 is 0 Å². The molecule has 2 rings (SSSR count). The number of rotatable bonds is 5. The Morgan fingerprint density at radius 1 is 1.30 bits per heavy atom. The van der Waals surface area contributed by atoms with Crippen LogP contribution in [0.1, 0.15) is 31.7 Å². The van der Waals surface area contributed by atoms with Crippen molar-refractivity contribution in [1.82, 2.24) is 0 Å². The van der Waals surface area contributed by atoms with Crippen LogP contribution in [-0.2, 0) is 14.3 Å². The maximum absolute atomic E-state index is 11.8. The van der Waals surface area contributed by atoms with Crippen LogP contribution in [-0.4, -0.2) is 18.5 Å². The maximum Gasteiger partial charge on any atom is 0.330 e. The van der Waals surface area contributed by atoms with Crippen LogP contribution < -0.4 is 5.32 Å². The van der Waals surface area contributed by atoms with E-state index in [9.17, 15) is 9.59 Å². The summed E-state index contributed by atoms with van der Waals surface area (Å²) in [6, 6.07) is 7.38. The topological polar surface area (TPSA) is 55.4 Å². The molecule has 0 unspecified atom stereocenters. The Balaban J connectivity index is 1.89. The van der Waals surface area contributed by atoms with Gasteiger partial charge in [0.1, 0.15) is 0 Å². The van der Waals surface area contributed by atoms with Crippen LogP contribution in [0.2, 0.25) is 0 Å². The van der Waals surface area contributed by atoms with Crippen molar-refractivity contribution < 1.29 is 14.3 Å². The van der Waals surface area contributed by atoms with Crippen molar-refractivity contribution in [2.75, 3.05) is 11.9 Å². The van der Waals surface area contributed by atoms with Gasteiger partial charge in [0.25, 0.3) is 0 Å². The fourth-order valence-electron chi connectivity index (χ4n) is 1.95. The first-order chi connectivity index (χ1) is 9.69. The minimum Gasteiger partial charge on any atom is -0.463 e. The molecule has 0 heterocycles. The lowest BCUT2D eigenvalue weighted by Crippen LogP contribution is -2.27. The highest BCUT2D eigenvalue weighted by Gasteiger charge is 2.24. The van der Waals surface area contributed by atoms with E-state index in [0.29, 0.717) is 6.61 Å². The lowest BCUT2D eigenvalue weighted by Gasteiger charge is -2.24. The van der Waals surface area contributed by atoms with E-state index in [-0.39, 0.29) is 17.8 Å². The van der Waals surface area contributed by atoms with E-state index in [1.807, 2.05) is 24.3 Å². The maximum atomic E-state index is 11.8. The molecule has 0 saturated heterocycles. The van der Waals surface area contributed by atoms with Gasteiger partial charge in [-0.1, -0.05) is 18.6 Å². The molecule has 1 aliphatic rings. The zero-order chi connectivity index (χ0) is 14.4. The predicted octanol–water partition coefficient (Wildman–Crippen LogP) is 3.00. The molecule has 0 aliphatic heterocycles. The van der Waals surface area contributed by atoms with Crippen molar-refractivity contribution >= 4 is 23.6 Å². The van der Waals surface area contributed by atoms with Crippen LogP contribution in [0.25, 0.3) is 6.08 Å². The number of esters is 1. The minimum absolute atomic E-state index is 0.103. The number of nitrogens with one attached hydrogen (secondary N) is 1. The third-order valence-electron chi connectivity index (χ3n) is 3.35. The molecule has 1 N–H and O–H groups in total. The molecule has 4 nitrogen and oxygen atoms in total. The number of carbonyl (C=O) groups excluding carboxylic acids is 2. The van der Waals surface area contributed by atoms with Crippen molar-refractivity contribution in [3.05, 3.63) is 35.9 Å². The Bertz CT molecular complexity index is 501. The van der Waals surface area contributed by atoms with Gasteiger partial charge >= 0.3 is 5.97 Å². The number of benzene rings is 1. The van der Waals surface area contributed by atoms with E-state index in [0.717, 1.165) is 30.5 Å². The first-order valence-electron chi connectivity index (χ1n) is 6.95. The van der Waals surface area contributed by atoms with E-state index in [1.165, 1.54) is 6.08 Å². The van der Waals surface area contributed by atoms with Crippen LogP contribution in [0.15, 0.2) is 30.3 Å². The molecule has 0 atom stereocenters. The smallest absolute Gasteiger partial charge is 0.330 e. The molecule has 1 aromatic rings. The number of anilines is 1. The Hall–Kier alpha value is -2.10. The summed E-state index contributed by atoms with van der Waals surface area (Å²) in [5, 5.41) is 2.90. The van der Waals surface area contributed by atoms with Gasteiger partial charge in [-0.3, -0.25) is 4.79 Å². The largest absolute Gasteiger partial charge is 0.463 e. The third-order valence-corrected chi connectivity index (χ3v) is 3.35. The molecule has 4 heteroatoms. The lowest BCUT2D eigenvalue weighted by molar-refractivity contribution is -0.137. The quantitative estimate of drug-likeness (QED) is 0.662. The zero-order valence-electron chi connectivity index (χ0n) is 11.6. The average molecular weight is 273 g/mol. The number of hydrogen-bond acceptors (Lipinski definition) is 3. The zero-order valence-corrected chi connectivity index (χ0v) is 11.6. The molecule has 1 saturated carbocycles. The summed E-state index contributed by atoms with van der Waals surface area (Å²) >= 11 is 0. The van der Waals surface area contributed by atoms with Gasteiger partial charge in [0.2, 0.25) is 5.91 Å². The molecular weight excluding hydrogens is 254 g/mol. The highest BCUT2D eigenvalue weighted by molar-refractivity contribution is 5.93. The average Bonchev–Trinajstić information content (AvgIpc) is 2.36. The fourth-order valence-corrected chi connectivity index (χ4v) is 1.95. The molecule has 20 heavy (non-hydrogen) atoms. The third kappa shape index (κ3) is 3.95. The molecule has 1 amide bonds. The van der Waals surface area contributed by atoms with Crippen LogP contribution in [0, 0.1) is 5.92 Å².